The van der Waals surface area contributed by atoms with Crippen LogP contribution in [0.2, 0.25) is 5.02 Å². The van der Waals surface area contributed by atoms with Crippen LogP contribution in [0.5, 0.6) is 11.5 Å². The minimum absolute atomic E-state index is 0.0559. The van der Waals surface area contributed by atoms with E-state index in [0.717, 1.165) is 11.3 Å². The van der Waals surface area contributed by atoms with Gasteiger partial charge in [0.1, 0.15) is 0 Å². The molecule has 3 rings (SSSR count). The van der Waals surface area contributed by atoms with Crippen LogP contribution in [0.4, 0.5) is 0 Å². The number of hydrogen-bond acceptors (Lipinski definition) is 4. The Hall–Kier alpha value is -2.99. The molecule has 0 aliphatic rings. The van der Waals surface area contributed by atoms with Gasteiger partial charge in [0.25, 0.3) is 5.91 Å². The molecule has 0 aliphatic heterocycles. The molecule has 1 heterocycles. The van der Waals surface area contributed by atoms with Crippen LogP contribution in [0.1, 0.15) is 15.9 Å². The monoisotopic (exact) mass is 357 g/mol. The summed E-state index contributed by atoms with van der Waals surface area (Å²) in [6.07, 6.45) is 3.13. The zero-order valence-electron chi connectivity index (χ0n) is 13.4. The smallest absolute Gasteiger partial charge is 0.254 e. The molecule has 0 atom stereocenters. The summed E-state index contributed by atoms with van der Waals surface area (Å²) in [4.78, 5) is 12.3. The number of carbonyl (C=O) groups is 1. The van der Waals surface area contributed by atoms with Gasteiger partial charge in [-0.3, -0.25) is 4.79 Å². The molecule has 0 saturated heterocycles. The van der Waals surface area contributed by atoms with Crippen LogP contribution in [-0.4, -0.2) is 27.9 Å². The van der Waals surface area contributed by atoms with Gasteiger partial charge in [0, 0.05) is 17.8 Å². The first-order chi connectivity index (χ1) is 12.1. The number of methoxy groups -OCH3 is 1. The molecule has 3 aromatic rings. The van der Waals surface area contributed by atoms with E-state index in [1.807, 2.05) is 12.1 Å². The van der Waals surface area contributed by atoms with Gasteiger partial charge < -0.3 is 15.2 Å². The molecule has 6 nitrogen and oxygen atoms in total. The number of hydrogen-bond donors (Lipinski definition) is 2. The van der Waals surface area contributed by atoms with Gasteiger partial charge in [0.2, 0.25) is 0 Å². The zero-order valence-corrected chi connectivity index (χ0v) is 14.2. The number of amides is 1. The van der Waals surface area contributed by atoms with Gasteiger partial charge in [0.15, 0.2) is 11.5 Å². The van der Waals surface area contributed by atoms with E-state index in [4.69, 9.17) is 16.3 Å². The van der Waals surface area contributed by atoms with Crippen molar-refractivity contribution in [2.75, 3.05) is 7.11 Å². The van der Waals surface area contributed by atoms with Crippen molar-refractivity contribution >= 4 is 17.5 Å². The maximum absolute atomic E-state index is 12.3. The van der Waals surface area contributed by atoms with E-state index in [9.17, 15) is 9.90 Å². The molecule has 0 radical (unpaired) electrons. The molecular formula is C18H16ClN3O3. The molecule has 0 bridgehead atoms. The number of phenols is 1. The average Bonchev–Trinajstić information content (AvgIpc) is 3.11. The lowest BCUT2D eigenvalue weighted by Gasteiger charge is -2.07. The topological polar surface area (TPSA) is 76.4 Å². The molecule has 128 valence electrons. The number of aromatic hydroxyl groups is 1. The summed E-state index contributed by atoms with van der Waals surface area (Å²) in [7, 11) is 1.47. The molecule has 0 fully saturated rings. The van der Waals surface area contributed by atoms with Gasteiger partial charge in [-0.2, -0.15) is 5.10 Å². The van der Waals surface area contributed by atoms with Crippen molar-refractivity contribution in [1.82, 2.24) is 15.1 Å². The molecule has 0 spiro atoms. The summed E-state index contributed by atoms with van der Waals surface area (Å²) in [5.41, 5.74) is 2.02. The molecule has 7 heteroatoms. The predicted molar refractivity (Wildman–Crippen MR) is 94.4 cm³/mol. The Balaban J connectivity index is 1.68. The fourth-order valence-electron chi connectivity index (χ4n) is 2.32. The second-order valence-electron chi connectivity index (χ2n) is 5.34. The second-order valence-corrected chi connectivity index (χ2v) is 5.78. The third kappa shape index (κ3) is 3.92. The van der Waals surface area contributed by atoms with Crippen LogP contribution in [0.3, 0.4) is 0 Å². The quantitative estimate of drug-likeness (QED) is 0.735. The number of nitrogens with zero attached hydrogens (tertiary/aromatic N) is 2. The van der Waals surface area contributed by atoms with E-state index in [1.165, 1.54) is 19.4 Å². The minimum Gasteiger partial charge on any atom is -0.504 e. The minimum atomic E-state index is -0.250. The lowest BCUT2D eigenvalue weighted by molar-refractivity contribution is 0.0951. The molecule has 0 aliphatic carbocycles. The fourth-order valence-corrected chi connectivity index (χ4v) is 2.50. The molecular weight excluding hydrogens is 342 g/mol. The Bertz CT molecular complexity index is 908. The van der Waals surface area contributed by atoms with E-state index in [2.05, 4.69) is 10.4 Å². The van der Waals surface area contributed by atoms with E-state index in [1.54, 1.807) is 35.1 Å². The lowest BCUT2D eigenvalue weighted by atomic mass is 10.2. The van der Waals surface area contributed by atoms with Crippen molar-refractivity contribution in [3.05, 3.63) is 71.0 Å². The van der Waals surface area contributed by atoms with Crippen LogP contribution in [-0.2, 0) is 6.54 Å². The Morgan fingerprint density at radius 3 is 2.92 bits per heavy atom. The molecule has 1 aromatic heterocycles. The maximum Gasteiger partial charge on any atom is 0.254 e. The van der Waals surface area contributed by atoms with Crippen molar-refractivity contribution in [3.8, 4) is 17.2 Å². The standard InChI is InChI=1S/C18H16ClN3O3/c1-25-17-7-12(5-6-16(17)23)9-20-18(24)13-10-21-22(11-13)15-4-2-3-14(19)8-15/h2-8,10-11,23H,9H2,1H3,(H,20,24). The van der Waals surface area contributed by atoms with Crippen molar-refractivity contribution in [1.29, 1.82) is 0 Å². The highest BCUT2D eigenvalue weighted by atomic mass is 35.5. The SMILES string of the molecule is COc1cc(CNC(=O)c2cnn(-c3cccc(Cl)c3)c2)ccc1O. The van der Waals surface area contributed by atoms with Crippen molar-refractivity contribution in [2.24, 2.45) is 0 Å². The van der Waals surface area contributed by atoms with Crippen LogP contribution in [0.15, 0.2) is 54.9 Å². The van der Waals surface area contributed by atoms with E-state index in [-0.39, 0.29) is 11.7 Å². The number of ether oxygens (including phenoxy) is 1. The van der Waals surface area contributed by atoms with Gasteiger partial charge in [0.05, 0.1) is 24.6 Å². The van der Waals surface area contributed by atoms with E-state index in [0.29, 0.717) is 22.9 Å². The normalized spacial score (nSPS) is 10.5. The lowest BCUT2D eigenvalue weighted by Crippen LogP contribution is -2.22. The molecule has 0 saturated carbocycles. The van der Waals surface area contributed by atoms with E-state index >= 15 is 0 Å². The van der Waals surface area contributed by atoms with Crippen LogP contribution in [0, 0.1) is 0 Å². The Kier molecular flexibility index (Phi) is 4.90. The first-order valence-electron chi connectivity index (χ1n) is 7.51. The summed E-state index contributed by atoms with van der Waals surface area (Å²) in [5.74, 6) is 0.168. The summed E-state index contributed by atoms with van der Waals surface area (Å²) >= 11 is 5.97. The third-order valence-corrected chi connectivity index (χ3v) is 3.85. The van der Waals surface area contributed by atoms with Crippen LogP contribution in [0.25, 0.3) is 5.69 Å². The third-order valence-electron chi connectivity index (χ3n) is 3.61. The Labute approximate surface area is 149 Å². The summed E-state index contributed by atoms with van der Waals surface area (Å²) in [6.45, 7) is 0.303. The average molecular weight is 358 g/mol. The summed E-state index contributed by atoms with van der Waals surface area (Å²) in [5, 5.41) is 17.2. The summed E-state index contributed by atoms with van der Waals surface area (Å²) in [6, 6.07) is 12.1. The maximum atomic E-state index is 12.3. The molecule has 0 unspecified atom stereocenters. The second kappa shape index (κ2) is 7.27. The first-order valence-corrected chi connectivity index (χ1v) is 7.89. The predicted octanol–water partition coefficient (Wildman–Crippen LogP) is 3.17. The zero-order chi connectivity index (χ0) is 17.8. The van der Waals surface area contributed by atoms with Crippen molar-refractivity contribution in [2.45, 2.75) is 6.54 Å². The first kappa shape index (κ1) is 16.9. The van der Waals surface area contributed by atoms with Crippen molar-refractivity contribution in [3.63, 3.8) is 0 Å². The number of phenolic OH excluding ortho intramolecular Hbond substituents is 1. The van der Waals surface area contributed by atoms with Gasteiger partial charge in [-0.05, 0) is 35.9 Å². The molecule has 1 amide bonds. The van der Waals surface area contributed by atoms with Crippen LogP contribution < -0.4 is 10.1 Å². The van der Waals surface area contributed by atoms with Gasteiger partial charge >= 0.3 is 0 Å². The molecule has 25 heavy (non-hydrogen) atoms. The highest BCUT2D eigenvalue weighted by Crippen LogP contribution is 2.26. The van der Waals surface area contributed by atoms with Crippen molar-refractivity contribution < 1.29 is 14.6 Å². The van der Waals surface area contributed by atoms with Crippen LogP contribution >= 0.6 is 11.6 Å². The number of benzene rings is 2. The number of aromatic nitrogens is 2. The van der Waals surface area contributed by atoms with Gasteiger partial charge in [-0.1, -0.05) is 23.7 Å². The number of nitrogens with one attached hydrogen (secondary N) is 1. The number of halogens is 1. The Morgan fingerprint density at radius 2 is 2.16 bits per heavy atom. The fraction of sp³-hybridized carbons (Fsp3) is 0.111. The molecule has 2 N–H and O–H groups in total. The molecule has 2 aromatic carbocycles. The number of rotatable bonds is 5. The van der Waals surface area contributed by atoms with Gasteiger partial charge in [-0.25, -0.2) is 4.68 Å². The highest BCUT2D eigenvalue weighted by molar-refractivity contribution is 6.30. The highest BCUT2D eigenvalue weighted by Gasteiger charge is 2.10. The largest absolute Gasteiger partial charge is 0.504 e. The number of carbonyl (C=O) groups excluding carboxylic acids is 1. The van der Waals surface area contributed by atoms with Gasteiger partial charge in [-0.15, -0.1) is 0 Å². The summed E-state index contributed by atoms with van der Waals surface area (Å²) < 4.78 is 6.64. The van der Waals surface area contributed by atoms with E-state index < -0.39 is 0 Å². The Morgan fingerprint density at radius 1 is 1.32 bits per heavy atom.